The molecule has 0 radical (unpaired) electrons. The Morgan fingerprint density at radius 3 is 2.41 bits per heavy atom. The maximum absolute atomic E-state index is 13.1. The van der Waals surface area contributed by atoms with Crippen LogP contribution in [0.5, 0.6) is 0 Å². The fourth-order valence-electron chi connectivity index (χ4n) is 4.03. The second-order valence-corrected chi connectivity index (χ2v) is 10.1. The Bertz CT molecular complexity index is 1560. The highest BCUT2D eigenvalue weighted by Crippen LogP contribution is 2.35. The molecule has 4 aromatic rings. The van der Waals surface area contributed by atoms with Crippen molar-refractivity contribution in [2.24, 2.45) is 0 Å². The second-order valence-electron chi connectivity index (χ2n) is 8.25. The smallest absolute Gasteiger partial charge is 0.294 e. The van der Waals surface area contributed by atoms with Crippen molar-refractivity contribution in [1.82, 2.24) is 9.47 Å². The molecule has 0 spiro atoms. The molecule has 1 aliphatic rings. The van der Waals surface area contributed by atoms with E-state index in [1.165, 1.54) is 24.3 Å². The number of amides is 3. The number of hydrogen-bond donors (Lipinski definition) is 1. The van der Waals surface area contributed by atoms with Crippen LogP contribution in [-0.2, 0) is 16.1 Å². The molecule has 1 saturated heterocycles. The molecule has 3 aromatic carbocycles. The van der Waals surface area contributed by atoms with Gasteiger partial charge in [0, 0.05) is 44.0 Å². The van der Waals surface area contributed by atoms with Gasteiger partial charge in [-0.15, -0.1) is 0 Å². The number of para-hydroxylation sites is 1. The van der Waals surface area contributed by atoms with Gasteiger partial charge in [0.15, 0.2) is 0 Å². The van der Waals surface area contributed by atoms with E-state index in [1.54, 1.807) is 24.3 Å². The van der Waals surface area contributed by atoms with Gasteiger partial charge in [0.25, 0.3) is 11.1 Å². The molecule has 0 bridgehead atoms. The molecule has 5 rings (SSSR count). The lowest BCUT2D eigenvalue weighted by Gasteiger charge is -2.12. The average molecular weight is 554 g/mol. The van der Waals surface area contributed by atoms with Crippen LogP contribution >= 0.6 is 35.0 Å². The van der Waals surface area contributed by atoms with Crippen LogP contribution in [0, 0.1) is 5.82 Å². The number of rotatable bonds is 6. The maximum Gasteiger partial charge on any atom is 0.294 e. The first-order valence-electron chi connectivity index (χ1n) is 11.1. The number of hydrogen-bond acceptors (Lipinski definition) is 4. The quantitative estimate of drug-likeness (QED) is 0.266. The molecule has 0 aliphatic carbocycles. The monoisotopic (exact) mass is 553 g/mol. The van der Waals surface area contributed by atoms with E-state index in [9.17, 15) is 18.8 Å². The Morgan fingerprint density at radius 1 is 0.973 bits per heavy atom. The SMILES string of the molecule is O=C(CN1C(=O)S/C(=C\c2cn(Cc3c(Cl)cccc3Cl)c3ccccc23)C1=O)Nc1ccc(F)cc1. The molecule has 0 saturated carbocycles. The van der Waals surface area contributed by atoms with E-state index in [-0.39, 0.29) is 4.91 Å². The first-order valence-corrected chi connectivity index (χ1v) is 12.7. The molecule has 1 N–H and O–H groups in total. The van der Waals surface area contributed by atoms with Crippen molar-refractivity contribution in [1.29, 1.82) is 0 Å². The van der Waals surface area contributed by atoms with Gasteiger partial charge in [-0.2, -0.15) is 0 Å². The summed E-state index contributed by atoms with van der Waals surface area (Å²) in [5.74, 6) is -1.57. The van der Waals surface area contributed by atoms with Crippen LogP contribution in [0.15, 0.2) is 77.8 Å². The second kappa shape index (κ2) is 10.4. The van der Waals surface area contributed by atoms with Crippen molar-refractivity contribution in [3.05, 3.63) is 105 Å². The number of halogens is 3. The van der Waals surface area contributed by atoms with Crippen molar-refractivity contribution < 1.29 is 18.8 Å². The highest BCUT2D eigenvalue weighted by molar-refractivity contribution is 8.18. The van der Waals surface area contributed by atoms with Crippen molar-refractivity contribution >= 4 is 74.7 Å². The summed E-state index contributed by atoms with van der Waals surface area (Å²) in [5, 5.41) is 3.99. The van der Waals surface area contributed by atoms with E-state index in [0.29, 0.717) is 22.3 Å². The topological polar surface area (TPSA) is 71.4 Å². The summed E-state index contributed by atoms with van der Waals surface area (Å²) in [6.07, 6.45) is 3.52. The van der Waals surface area contributed by atoms with Crippen LogP contribution < -0.4 is 5.32 Å². The van der Waals surface area contributed by atoms with Crippen LogP contribution in [0.25, 0.3) is 17.0 Å². The summed E-state index contributed by atoms with van der Waals surface area (Å²) in [7, 11) is 0. The van der Waals surface area contributed by atoms with Crippen molar-refractivity contribution in [2.45, 2.75) is 6.54 Å². The molecular weight excluding hydrogens is 536 g/mol. The molecule has 1 aliphatic heterocycles. The molecular formula is C27H18Cl2FN3O3S. The lowest BCUT2D eigenvalue weighted by Crippen LogP contribution is -2.36. The number of fused-ring (bicyclic) bond motifs is 1. The Morgan fingerprint density at radius 2 is 1.68 bits per heavy atom. The molecule has 0 atom stereocenters. The number of thioether (sulfide) groups is 1. The zero-order valence-electron chi connectivity index (χ0n) is 19.1. The van der Waals surface area contributed by atoms with Crippen LogP contribution in [-0.4, -0.2) is 33.1 Å². The summed E-state index contributed by atoms with van der Waals surface area (Å²) < 4.78 is 15.1. The van der Waals surface area contributed by atoms with Crippen LogP contribution in [0.2, 0.25) is 10.0 Å². The average Bonchev–Trinajstić information content (AvgIpc) is 3.35. The Labute approximate surface area is 225 Å². The third-order valence-corrected chi connectivity index (χ3v) is 7.42. The van der Waals surface area contributed by atoms with Gasteiger partial charge in [0.05, 0.1) is 11.4 Å². The van der Waals surface area contributed by atoms with Crippen LogP contribution in [0.1, 0.15) is 11.1 Å². The highest BCUT2D eigenvalue weighted by atomic mass is 35.5. The van der Waals surface area contributed by atoms with Gasteiger partial charge in [-0.1, -0.05) is 47.5 Å². The van der Waals surface area contributed by atoms with Gasteiger partial charge in [-0.25, -0.2) is 4.39 Å². The van der Waals surface area contributed by atoms with E-state index < -0.39 is 29.4 Å². The van der Waals surface area contributed by atoms with Crippen molar-refractivity contribution in [3.63, 3.8) is 0 Å². The Balaban J connectivity index is 1.39. The number of nitrogens with one attached hydrogen (secondary N) is 1. The minimum atomic E-state index is -0.566. The summed E-state index contributed by atoms with van der Waals surface area (Å²) in [6, 6.07) is 18.2. The third kappa shape index (κ3) is 5.27. The van der Waals surface area contributed by atoms with E-state index in [2.05, 4.69) is 5.32 Å². The number of carbonyl (C=O) groups excluding carboxylic acids is 3. The van der Waals surface area contributed by atoms with Crippen LogP contribution in [0.3, 0.4) is 0 Å². The Kier molecular flexibility index (Phi) is 7.06. The van der Waals surface area contributed by atoms with Gasteiger partial charge in [0.2, 0.25) is 5.91 Å². The lowest BCUT2D eigenvalue weighted by molar-refractivity contribution is -0.127. The number of imide groups is 1. The zero-order chi connectivity index (χ0) is 26.1. The van der Waals surface area contributed by atoms with Crippen LogP contribution in [0.4, 0.5) is 14.9 Å². The van der Waals surface area contributed by atoms with E-state index in [4.69, 9.17) is 23.2 Å². The van der Waals surface area contributed by atoms with Crippen molar-refractivity contribution in [3.8, 4) is 0 Å². The van der Waals surface area contributed by atoms with E-state index >= 15 is 0 Å². The van der Waals surface area contributed by atoms with Gasteiger partial charge in [0.1, 0.15) is 12.4 Å². The summed E-state index contributed by atoms with van der Waals surface area (Å²) in [6.45, 7) is -0.0377. The lowest BCUT2D eigenvalue weighted by atomic mass is 10.1. The van der Waals surface area contributed by atoms with E-state index in [0.717, 1.165) is 38.7 Å². The summed E-state index contributed by atoms with van der Waals surface area (Å²) in [5.41, 5.74) is 2.77. The Hall–Kier alpha value is -3.59. The molecule has 6 nitrogen and oxygen atoms in total. The normalized spacial score (nSPS) is 14.7. The number of carbonyl (C=O) groups is 3. The molecule has 186 valence electrons. The highest BCUT2D eigenvalue weighted by Gasteiger charge is 2.36. The zero-order valence-corrected chi connectivity index (χ0v) is 21.4. The predicted octanol–water partition coefficient (Wildman–Crippen LogP) is 6.81. The standard InChI is InChI=1S/C27H18Cl2FN3O3S/c28-21-5-3-6-22(29)20(21)14-32-13-16(19-4-1-2-7-23(19)32)12-24-26(35)33(27(36)37-24)15-25(34)31-18-10-8-17(30)9-11-18/h1-13H,14-15H2,(H,31,34)/b24-12-. The molecule has 0 unspecified atom stereocenters. The van der Waals surface area contributed by atoms with Gasteiger partial charge in [-0.3, -0.25) is 19.3 Å². The number of benzene rings is 3. The van der Waals surface area contributed by atoms with Crippen molar-refractivity contribution in [2.75, 3.05) is 11.9 Å². The minimum Gasteiger partial charge on any atom is -0.342 e. The fourth-order valence-corrected chi connectivity index (χ4v) is 5.38. The van der Waals surface area contributed by atoms with E-state index in [1.807, 2.05) is 35.0 Å². The van der Waals surface area contributed by atoms with Gasteiger partial charge in [-0.05, 0) is 60.3 Å². The number of nitrogens with zero attached hydrogens (tertiary/aromatic N) is 2. The molecule has 1 fully saturated rings. The largest absolute Gasteiger partial charge is 0.342 e. The minimum absolute atomic E-state index is 0.207. The molecule has 3 amide bonds. The first kappa shape index (κ1) is 25.1. The number of aromatic nitrogens is 1. The molecule has 2 heterocycles. The molecule has 37 heavy (non-hydrogen) atoms. The van der Waals surface area contributed by atoms with Gasteiger partial charge >= 0.3 is 0 Å². The predicted molar refractivity (Wildman–Crippen MR) is 145 cm³/mol. The maximum atomic E-state index is 13.1. The summed E-state index contributed by atoms with van der Waals surface area (Å²) in [4.78, 5) is 39.1. The molecule has 1 aromatic heterocycles. The molecule has 10 heteroatoms. The summed E-state index contributed by atoms with van der Waals surface area (Å²) >= 11 is 13.5. The fraction of sp³-hybridized carbons (Fsp3) is 0.0741. The number of anilines is 1. The first-order chi connectivity index (χ1) is 17.8. The van der Waals surface area contributed by atoms with Gasteiger partial charge < -0.3 is 9.88 Å². The third-order valence-electron chi connectivity index (χ3n) is 5.80.